The largest absolute Gasteiger partial charge is 0.368 e. The SMILES string of the molecule is N=C/C(Br)=C\N=C(N)n1cc(Br)cn1. The van der Waals surface area contributed by atoms with E-state index in [4.69, 9.17) is 11.1 Å². The molecule has 1 aromatic rings. The monoisotopic (exact) mass is 319 g/mol. The molecule has 1 rings (SSSR count). The zero-order chi connectivity index (χ0) is 10.6. The van der Waals surface area contributed by atoms with Crippen molar-refractivity contribution in [2.45, 2.75) is 0 Å². The maximum atomic E-state index is 6.88. The summed E-state index contributed by atoms with van der Waals surface area (Å²) in [5, 5.41) is 10.8. The first-order valence-corrected chi connectivity index (χ1v) is 5.12. The molecule has 0 aliphatic rings. The van der Waals surface area contributed by atoms with Crippen molar-refractivity contribution in [1.82, 2.24) is 9.78 Å². The Kier molecular flexibility index (Phi) is 4.02. The van der Waals surface area contributed by atoms with Gasteiger partial charge in [0.15, 0.2) is 0 Å². The molecule has 1 heterocycles. The predicted molar refractivity (Wildman–Crippen MR) is 62.7 cm³/mol. The Morgan fingerprint density at radius 2 is 2.43 bits per heavy atom. The lowest BCUT2D eigenvalue weighted by Gasteiger charge is -1.96. The van der Waals surface area contributed by atoms with Crippen molar-refractivity contribution in [2.75, 3.05) is 0 Å². The van der Waals surface area contributed by atoms with Crippen molar-refractivity contribution in [2.24, 2.45) is 10.7 Å². The first-order valence-electron chi connectivity index (χ1n) is 3.53. The molecule has 0 radical (unpaired) electrons. The van der Waals surface area contributed by atoms with Crippen LogP contribution in [0.25, 0.3) is 0 Å². The van der Waals surface area contributed by atoms with E-state index >= 15 is 0 Å². The van der Waals surface area contributed by atoms with Crippen molar-refractivity contribution in [1.29, 1.82) is 5.41 Å². The van der Waals surface area contributed by atoms with E-state index in [1.54, 1.807) is 12.4 Å². The number of rotatable bonds is 2. The molecule has 3 N–H and O–H groups in total. The van der Waals surface area contributed by atoms with Crippen molar-refractivity contribution in [3.63, 3.8) is 0 Å². The second-order valence-electron chi connectivity index (χ2n) is 2.25. The van der Waals surface area contributed by atoms with Crippen LogP contribution in [0.2, 0.25) is 0 Å². The van der Waals surface area contributed by atoms with Gasteiger partial charge >= 0.3 is 0 Å². The zero-order valence-electron chi connectivity index (χ0n) is 6.98. The van der Waals surface area contributed by atoms with Gasteiger partial charge in [-0.3, -0.25) is 0 Å². The van der Waals surface area contributed by atoms with Crippen LogP contribution in [0.3, 0.4) is 0 Å². The molecule has 74 valence electrons. The molecule has 1 aromatic heterocycles. The van der Waals surface area contributed by atoms with Gasteiger partial charge in [-0.25, -0.2) is 9.67 Å². The highest BCUT2D eigenvalue weighted by Crippen LogP contribution is 2.05. The lowest BCUT2D eigenvalue weighted by atomic mass is 10.7. The van der Waals surface area contributed by atoms with Crippen LogP contribution >= 0.6 is 31.9 Å². The van der Waals surface area contributed by atoms with E-state index in [-0.39, 0.29) is 5.96 Å². The van der Waals surface area contributed by atoms with Gasteiger partial charge in [-0.15, -0.1) is 0 Å². The average Bonchev–Trinajstić information content (AvgIpc) is 2.60. The molecule has 0 spiro atoms. The summed E-state index contributed by atoms with van der Waals surface area (Å²) in [4.78, 5) is 3.89. The second-order valence-corrected chi connectivity index (χ2v) is 4.08. The molecule has 0 saturated carbocycles. The molecular weight excluding hydrogens is 314 g/mol. The zero-order valence-corrected chi connectivity index (χ0v) is 10.2. The average molecular weight is 321 g/mol. The lowest BCUT2D eigenvalue weighted by molar-refractivity contribution is 0.919. The number of hydrogen-bond acceptors (Lipinski definition) is 3. The van der Waals surface area contributed by atoms with Crippen molar-refractivity contribution in [3.8, 4) is 0 Å². The van der Waals surface area contributed by atoms with Crippen LogP contribution in [-0.4, -0.2) is 22.0 Å². The van der Waals surface area contributed by atoms with E-state index in [0.717, 1.165) is 10.7 Å². The number of allylic oxidation sites excluding steroid dienone is 1. The van der Waals surface area contributed by atoms with Crippen LogP contribution in [0, 0.1) is 5.41 Å². The normalized spacial score (nSPS) is 13.0. The molecule has 0 bridgehead atoms. The smallest absolute Gasteiger partial charge is 0.221 e. The van der Waals surface area contributed by atoms with Gasteiger partial charge in [-0.05, 0) is 31.9 Å². The van der Waals surface area contributed by atoms with Gasteiger partial charge in [-0.1, -0.05) is 0 Å². The fraction of sp³-hybridized carbons (Fsp3) is 0. The van der Waals surface area contributed by atoms with Crippen LogP contribution in [-0.2, 0) is 0 Å². The fourth-order valence-corrected chi connectivity index (χ4v) is 1.04. The highest BCUT2D eigenvalue weighted by atomic mass is 79.9. The minimum Gasteiger partial charge on any atom is -0.368 e. The number of nitrogens with one attached hydrogen (secondary N) is 1. The standard InChI is InChI=1S/C7H7Br2N5/c8-5(1-10)2-12-7(11)14-4-6(9)3-13-14/h1-4,10H,(H2,11,12)/b5-2+,10-1?. The maximum absolute atomic E-state index is 6.88. The predicted octanol–water partition coefficient (Wildman–Crippen LogP) is 1.69. The van der Waals surface area contributed by atoms with Crippen LogP contribution in [0.15, 0.2) is 32.5 Å². The quantitative estimate of drug-likeness (QED) is 0.642. The molecule has 0 atom stereocenters. The van der Waals surface area contributed by atoms with Crippen molar-refractivity contribution < 1.29 is 0 Å². The summed E-state index contributed by atoms with van der Waals surface area (Å²) >= 11 is 6.34. The summed E-state index contributed by atoms with van der Waals surface area (Å²) in [6.07, 6.45) is 5.84. The number of hydrogen-bond donors (Lipinski definition) is 2. The number of aromatic nitrogens is 2. The minimum atomic E-state index is 0.231. The molecule has 0 aromatic carbocycles. The van der Waals surface area contributed by atoms with E-state index in [1.807, 2.05) is 0 Å². The summed E-state index contributed by atoms with van der Waals surface area (Å²) < 4.78 is 2.78. The Bertz CT molecular complexity index is 393. The Labute approximate surface area is 97.5 Å². The number of halogens is 2. The van der Waals surface area contributed by atoms with Crippen LogP contribution in [0.5, 0.6) is 0 Å². The molecule has 0 aliphatic carbocycles. The first kappa shape index (κ1) is 11.1. The van der Waals surface area contributed by atoms with E-state index in [2.05, 4.69) is 42.0 Å². The molecule has 0 fully saturated rings. The third-order valence-electron chi connectivity index (χ3n) is 1.24. The minimum absolute atomic E-state index is 0.231. The molecule has 0 aliphatic heterocycles. The van der Waals surface area contributed by atoms with Gasteiger partial charge in [0, 0.05) is 18.6 Å². The summed E-state index contributed by atoms with van der Waals surface area (Å²) in [5.41, 5.74) is 5.60. The first-order chi connectivity index (χ1) is 6.63. The van der Waals surface area contributed by atoms with E-state index in [0.29, 0.717) is 4.48 Å². The second kappa shape index (κ2) is 5.06. The highest BCUT2D eigenvalue weighted by Gasteiger charge is 1.97. The van der Waals surface area contributed by atoms with Gasteiger partial charge in [0.1, 0.15) is 0 Å². The third kappa shape index (κ3) is 3.08. The van der Waals surface area contributed by atoms with E-state index in [9.17, 15) is 0 Å². The maximum Gasteiger partial charge on any atom is 0.221 e. The summed E-state index contributed by atoms with van der Waals surface area (Å²) in [7, 11) is 0. The van der Waals surface area contributed by atoms with Crippen molar-refractivity contribution >= 4 is 44.0 Å². The molecule has 14 heavy (non-hydrogen) atoms. The van der Waals surface area contributed by atoms with Crippen molar-refractivity contribution in [3.05, 3.63) is 27.5 Å². The topological polar surface area (TPSA) is 80.0 Å². The van der Waals surface area contributed by atoms with Gasteiger partial charge in [-0.2, -0.15) is 5.10 Å². The Morgan fingerprint density at radius 1 is 1.71 bits per heavy atom. The number of aliphatic imine (C=N–C) groups is 1. The lowest BCUT2D eigenvalue weighted by Crippen LogP contribution is -2.22. The van der Waals surface area contributed by atoms with Crippen LogP contribution in [0.4, 0.5) is 0 Å². The fourth-order valence-electron chi connectivity index (χ4n) is 0.650. The summed E-state index contributed by atoms with van der Waals surface area (Å²) in [6.45, 7) is 0. The molecule has 0 saturated heterocycles. The van der Waals surface area contributed by atoms with Gasteiger partial charge in [0.05, 0.1) is 15.2 Å². The van der Waals surface area contributed by atoms with Crippen LogP contribution < -0.4 is 5.73 Å². The highest BCUT2D eigenvalue weighted by molar-refractivity contribution is 9.12. The van der Waals surface area contributed by atoms with Gasteiger partial charge in [0.2, 0.25) is 5.96 Å². The molecule has 7 heteroatoms. The number of nitrogens with zero attached hydrogens (tertiary/aromatic N) is 3. The summed E-state index contributed by atoms with van der Waals surface area (Å²) in [6, 6.07) is 0. The third-order valence-corrected chi connectivity index (χ3v) is 2.09. The number of nitrogens with two attached hydrogens (primary N) is 1. The summed E-state index contributed by atoms with van der Waals surface area (Å²) in [5.74, 6) is 0.231. The Hall–Kier alpha value is -0.950. The van der Waals surface area contributed by atoms with E-state index in [1.165, 1.54) is 10.9 Å². The Balaban J connectivity index is 2.85. The molecule has 0 amide bonds. The molecular formula is C7H7Br2N5. The van der Waals surface area contributed by atoms with Gasteiger partial charge < -0.3 is 11.1 Å². The van der Waals surface area contributed by atoms with E-state index < -0.39 is 0 Å². The van der Waals surface area contributed by atoms with Gasteiger partial charge in [0.25, 0.3) is 0 Å². The van der Waals surface area contributed by atoms with Crippen LogP contribution in [0.1, 0.15) is 0 Å². The molecule has 0 unspecified atom stereocenters. The molecule has 5 nitrogen and oxygen atoms in total. The Morgan fingerprint density at radius 3 is 2.93 bits per heavy atom.